The molecule has 0 atom stereocenters. The molecule has 0 saturated carbocycles. The minimum absolute atomic E-state index is 0.0763. The Labute approximate surface area is 221 Å². The SMILES string of the molecule is CCCCCCCCCCCCCC(=O)N/N=C/c1ccc(OC(=O)c2ccc(OC)c(OC)c2)cc1. The number of amides is 1. The van der Waals surface area contributed by atoms with Crippen LogP contribution in [0.25, 0.3) is 0 Å². The number of unbranched alkanes of at least 4 members (excludes halogenated alkanes) is 10. The van der Waals surface area contributed by atoms with E-state index in [2.05, 4.69) is 17.5 Å². The van der Waals surface area contributed by atoms with Crippen molar-refractivity contribution in [3.63, 3.8) is 0 Å². The molecule has 0 aliphatic carbocycles. The van der Waals surface area contributed by atoms with Crippen LogP contribution in [0.3, 0.4) is 0 Å². The van der Waals surface area contributed by atoms with Crippen LogP contribution in [0, 0.1) is 0 Å². The van der Waals surface area contributed by atoms with Crippen molar-refractivity contribution in [2.45, 2.75) is 84.0 Å². The van der Waals surface area contributed by atoms with Crippen LogP contribution in [-0.2, 0) is 4.79 Å². The summed E-state index contributed by atoms with van der Waals surface area (Å²) in [4.78, 5) is 24.4. The molecule has 2 aromatic rings. The van der Waals surface area contributed by atoms with Crippen LogP contribution < -0.4 is 19.6 Å². The molecule has 7 nitrogen and oxygen atoms in total. The Bertz CT molecular complexity index is 972. The molecule has 1 N–H and O–H groups in total. The number of hydrogen-bond acceptors (Lipinski definition) is 6. The van der Waals surface area contributed by atoms with Gasteiger partial charge in [0.05, 0.1) is 26.0 Å². The van der Waals surface area contributed by atoms with E-state index in [1.54, 1.807) is 48.7 Å². The van der Waals surface area contributed by atoms with Crippen LogP contribution >= 0.6 is 0 Å². The normalized spacial score (nSPS) is 10.9. The largest absolute Gasteiger partial charge is 0.493 e. The van der Waals surface area contributed by atoms with E-state index in [1.165, 1.54) is 72.0 Å². The van der Waals surface area contributed by atoms with Crippen LogP contribution in [0.2, 0.25) is 0 Å². The Morgan fingerprint density at radius 1 is 0.784 bits per heavy atom. The molecule has 0 heterocycles. The summed E-state index contributed by atoms with van der Waals surface area (Å²) in [6, 6.07) is 11.7. The molecule has 1 amide bonds. The van der Waals surface area contributed by atoms with Gasteiger partial charge in [0.2, 0.25) is 5.91 Å². The zero-order valence-electron chi connectivity index (χ0n) is 22.6. The number of ether oxygens (including phenoxy) is 3. The third kappa shape index (κ3) is 12.0. The summed E-state index contributed by atoms with van der Waals surface area (Å²) < 4.78 is 15.8. The third-order valence-electron chi connectivity index (χ3n) is 6.12. The van der Waals surface area contributed by atoms with Crippen molar-refractivity contribution in [2.24, 2.45) is 5.10 Å². The minimum Gasteiger partial charge on any atom is -0.493 e. The van der Waals surface area contributed by atoms with E-state index in [4.69, 9.17) is 14.2 Å². The van der Waals surface area contributed by atoms with Gasteiger partial charge in [-0.25, -0.2) is 10.2 Å². The van der Waals surface area contributed by atoms with E-state index in [1.807, 2.05) is 0 Å². The lowest BCUT2D eigenvalue weighted by atomic mass is 10.1. The number of nitrogens with zero attached hydrogens (tertiary/aromatic N) is 1. The molecule has 0 aliphatic heterocycles. The first-order chi connectivity index (χ1) is 18.1. The van der Waals surface area contributed by atoms with Crippen LogP contribution in [0.15, 0.2) is 47.6 Å². The maximum atomic E-state index is 12.4. The van der Waals surface area contributed by atoms with Crippen molar-refractivity contribution in [3.8, 4) is 17.2 Å². The number of methoxy groups -OCH3 is 2. The van der Waals surface area contributed by atoms with Crippen molar-refractivity contribution in [2.75, 3.05) is 14.2 Å². The van der Waals surface area contributed by atoms with Crippen LogP contribution in [0.4, 0.5) is 0 Å². The molecule has 0 spiro atoms. The number of carbonyl (C=O) groups is 2. The van der Waals surface area contributed by atoms with E-state index in [0.717, 1.165) is 18.4 Å². The number of hydrogen-bond donors (Lipinski definition) is 1. The van der Waals surface area contributed by atoms with E-state index < -0.39 is 5.97 Å². The number of nitrogens with one attached hydrogen (secondary N) is 1. The number of carbonyl (C=O) groups excluding carboxylic acids is 2. The van der Waals surface area contributed by atoms with Crippen molar-refractivity contribution < 1.29 is 23.8 Å². The monoisotopic (exact) mass is 510 g/mol. The Hall–Kier alpha value is -3.35. The van der Waals surface area contributed by atoms with Gasteiger partial charge in [-0.3, -0.25) is 4.79 Å². The van der Waals surface area contributed by atoms with Gasteiger partial charge in [-0.2, -0.15) is 5.10 Å². The standard InChI is InChI=1S/C30H42N2O5/c1-4-5-6-7-8-9-10-11-12-13-14-15-29(33)32-31-23-24-16-19-26(20-17-24)37-30(34)25-18-21-27(35-2)28(22-25)36-3/h16-23H,4-15H2,1-3H3,(H,32,33)/b31-23+. The lowest BCUT2D eigenvalue weighted by molar-refractivity contribution is -0.121. The topological polar surface area (TPSA) is 86.2 Å². The van der Waals surface area contributed by atoms with Crippen molar-refractivity contribution in [1.29, 1.82) is 0 Å². The van der Waals surface area contributed by atoms with Crippen molar-refractivity contribution in [1.82, 2.24) is 5.43 Å². The maximum absolute atomic E-state index is 12.4. The fourth-order valence-corrected chi connectivity index (χ4v) is 3.94. The number of benzene rings is 2. The Balaban J connectivity index is 1.62. The second-order valence-electron chi connectivity index (χ2n) is 9.11. The zero-order chi connectivity index (χ0) is 26.7. The van der Waals surface area contributed by atoms with Gasteiger partial charge in [-0.1, -0.05) is 71.1 Å². The Morgan fingerprint density at radius 3 is 1.97 bits per heavy atom. The molecule has 0 unspecified atom stereocenters. The first-order valence-electron chi connectivity index (χ1n) is 13.4. The average molecular weight is 511 g/mol. The van der Waals surface area contributed by atoms with Crippen LogP contribution in [-0.4, -0.2) is 32.3 Å². The van der Waals surface area contributed by atoms with Gasteiger partial charge in [-0.15, -0.1) is 0 Å². The molecule has 0 aromatic heterocycles. The molecule has 202 valence electrons. The lowest BCUT2D eigenvalue weighted by Gasteiger charge is -2.09. The molecule has 0 bridgehead atoms. The highest BCUT2D eigenvalue weighted by Crippen LogP contribution is 2.28. The highest BCUT2D eigenvalue weighted by atomic mass is 16.5. The second-order valence-corrected chi connectivity index (χ2v) is 9.11. The van der Waals surface area contributed by atoms with Crippen LogP contribution in [0.1, 0.15) is 99.9 Å². The molecule has 37 heavy (non-hydrogen) atoms. The van der Waals surface area contributed by atoms with Gasteiger partial charge in [0.1, 0.15) is 5.75 Å². The predicted octanol–water partition coefficient (Wildman–Crippen LogP) is 7.07. The fraction of sp³-hybridized carbons (Fsp3) is 0.500. The molecule has 0 saturated heterocycles. The van der Waals surface area contributed by atoms with E-state index in [-0.39, 0.29) is 5.91 Å². The molecule has 0 fully saturated rings. The zero-order valence-corrected chi connectivity index (χ0v) is 22.6. The third-order valence-corrected chi connectivity index (χ3v) is 6.12. The summed E-state index contributed by atoms with van der Waals surface area (Å²) in [6.45, 7) is 2.25. The quantitative estimate of drug-likeness (QED) is 0.0762. The van der Waals surface area contributed by atoms with Gasteiger partial charge >= 0.3 is 5.97 Å². The van der Waals surface area contributed by atoms with Gasteiger partial charge in [0.25, 0.3) is 0 Å². The first-order valence-corrected chi connectivity index (χ1v) is 13.4. The molecular weight excluding hydrogens is 468 g/mol. The second kappa shape index (κ2) is 18.0. The number of esters is 1. The first kappa shape index (κ1) is 29.9. The number of rotatable bonds is 18. The van der Waals surface area contributed by atoms with Gasteiger partial charge < -0.3 is 14.2 Å². The fourth-order valence-electron chi connectivity index (χ4n) is 3.94. The Kier molecular flexibility index (Phi) is 14.5. The number of hydrazone groups is 1. The molecule has 2 aromatic carbocycles. The summed E-state index contributed by atoms with van der Waals surface area (Å²) in [5.74, 6) is 0.810. The predicted molar refractivity (Wildman–Crippen MR) is 148 cm³/mol. The Morgan fingerprint density at radius 2 is 1.38 bits per heavy atom. The van der Waals surface area contributed by atoms with E-state index in [9.17, 15) is 9.59 Å². The van der Waals surface area contributed by atoms with Gasteiger partial charge in [-0.05, 0) is 54.4 Å². The lowest BCUT2D eigenvalue weighted by Crippen LogP contribution is -2.16. The summed E-state index contributed by atoms with van der Waals surface area (Å²) in [7, 11) is 3.04. The van der Waals surface area contributed by atoms with E-state index >= 15 is 0 Å². The van der Waals surface area contributed by atoms with Gasteiger partial charge in [0, 0.05) is 6.42 Å². The average Bonchev–Trinajstić information content (AvgIpc) is 2.92. The van der Waals surface area contributed by atoms with Gasteiger partial charge in [0.15, 0.2) is 11.5 Å². The van der Waals surface area contributed by atoms with Crippen LogP contribution in [0.5, 0.6) is 17.2 Å². The minimum atomic E-state index is -0.503. The molecule has 7 heteroatoms. The molecule has 0 radical (unpaired) electrons. The summed E-state index contributed by atoms with van der Waals surface area (Å²) >= 11 is 0. The maximum Gasteiger partial charge on any atom is 0.343 e. The summed E-state index contributed by atoms with van der Waals surface area (Å²) in [6.07, 6.45) is 15.9. The smallest absolute Gasteiger partial charge is 0.343 e. The highest BCUT2D eigenvalue weighted by Gasteiger charge is 2.13. The summed E-state index contributed by atoms with van der Waals surface area (Å²) in [5.41, 5.74) is 3.71. The van der Waals surface area contributed by atoms with Crippen molar-refractivity contribution in [3.05, 3.63) is 53.6 Å². The van der Waals surface area contributed by atoms with Crippen molar-refractivity contribution >= 4 is 18.1 Å². The summed E-state index contributed by atoms with van der Waals surface area (Å²) in [5, 5.41) is 4.03. The van der Waals surface area contributed by atoms with E-state index in [0.29, 0.717) is 29.2 Å². The molecular formula is C30H42N2O5. The molecule has 0 aliphatic rings. The highest BCUT2D eigenvalue weighted by molar-refractivity contribution is 5.92. The molecule has 2 rings (SSSR count).